The number of piperazine rings is 1. The van der Waals surface area contributed by atoms with Crippen molar-refractivity contribution in [1.82, 2.24) is 20.4 Å². The SMILES string of the molecule is CN=C(NCC(C)(C)SC)N1CCN(CC(=O)NC2CC2)CC1. The number of thioether (sulfide) groups is 1. The minimum Gasteiger partial charge on any atom is -0.355 e. The maximum absolute atomic E-state index is 11.9. The monoisotopic (exact) mass is 341 g/mol. The molecule has 7 heteroatoms. The molecule has 1 aliphatic heterocycles. The predicted octanol–water partition coefficient (Wildman–Crippen LogP) is 0.600. The van der Waals surface area contributed by atoms with Gasteiger partial charge in [0.25, 0.3) is 0 Å². The van der Waals surface area contributed by atoms with Crippen LogP contribution in [0.5, 0.6) is 0 Å². The van der Waals surface area contributed by atoms with E-state index in [9.17, 15) is 4.79 Å². The first-order valence-corrected chi connectivity index (χ1v) is 9.68. The molecular formula is C16H31N5OS. The van der Waals surface area contributed by atoms with E-state index in [1.165, 1.54) is 0 Å². The smallest absolute Gasteiger partial charge is 0.234 e. The van der Waals surface area contributed by atoms with Crippen molar-refractivity contribution in [2.75, 3.05) is 52.6 Å². The molecule has 0 unspecified atom stereocenters. The van der Waals surface area contributed by atoms with E-state index in [0.29, 0.717) is 12.6 Å². The number of hydrogen-bond acceptors (Lipinski definition) is 4. The molecule has 1 heterocycles. The Morgan fingerprint density at radius 2 is 1.91 bits per heavy atom. The van der Waals surface area contributed by atoms with Crippen molar-refractivity contribution >= 4 is 23.6 Å². The average Bonchev–Trinajstić information content (AvgIpc) is 3.33. The molecule has 1 aliphatic carbocycles. The van der Waals surface area contributed by atoms with Gasteiger partial charge in [0.05, 0.1) is 6.54 Å². The molecule has 2 rings (SSSR count). The van der Waals surface area contributed by atoms with Crippen LogP contribution in [0.2, 0.25) is 0 Å². The molecule has 0 radical (unpaired) electrons. The first kappa shape index (κ1) is 18.4. The topological polar surface area (TPSA) is 60.0 Å². The van der Waals surface area contributed by atoms with Gasteiger partial charge < -0.3 is 15.5 Å². The fourth-order valence-corrected chi connectivity index (χ4v) is 2.73. The highest BCUT2D eigenvalue weighted by Crippen LogP contribution is 2.20. The number of nitrogens with one attached hydrogen (secondary N) is 2. The summed E-state index contributed by atoms with van der Waals surface area (Å²) in [6, 6.07) is 0.451. The number of hydrogen-bond donors (Lipinski definition) is 2. The lowest BCUT2D eigenvalue weighted by molar-refractivity contribution is -0.122. The molecule has 0 atom stereocenters. The Morgan fingerprint density at radius 1 is 1.26 bits per heavy atom. The van der Waals surface area contributed by atoms with Gasteiger partial charge in [-0.1, -0.05) is 0 Å². The van der Waals surface area contributed by atoms with Crippen LogP contribution < -0.4 is 10.6 Å². The minimum atomic E-state index is 0.171. The third-order valence-corrected chi connectivity index (χ3v) is 5.67. The summed E-state index contributed by atoms with van der Waals surface area (Å²) in [5.74, 6) is 1.14. The molecule has 0 aromatic heterocycles. The molecule has 0 aromatic carbocycles. The molecule has 0 bridgehead atoms. The second-order valence-electron chi connectivity index (χ2n) is 6.97. The fourth-order valence-electron chi connectivity index (χ4n) is 2.52. The quantitative estimate of drug-likeness (QED) is 0.547. The summed E-state index contributed by atoms with van der Waals surface area (Å²) in [7, 11) is 1.84. The van der Waals surface area contributed by atoms with Crippen LogP contribution in [0, 0.1) is 0 Å². The van der Waals surface area contributed by atoms with Gasteiger partial charge in [0.1, 0.15) is 0 Å². The van der Waals surface area contributed by atoms with E-state index < -0.39 is 0 Å². The maximum Gasteiger partial charge on any atom is 0.234 e. The fraction of sp³-hybridized carbons (Fsp3) is 0.875. The van der Waals surface area contributed by atoms with Gasteiger partial charge in [0.2, 0.25) is 5.91 Å². The number of amides is 1. The summed E-state index contributed by atoms with van der Waals surface area (Å²) >= 11 is 1.85. The van der Waals surface area contributed by atoms with Crippen LogP contribution in [0.1, 0.15) is 26.7 Å². The van der Waals surface area contributed by atoms with Crippen LogP contribution in [0.4, 0.5) is 0 Å². The Labute approximate surface area is 144 Å². The summed E-state index contributed by atoms with van der Waals surface area (Å²) in [6.45, 7) is 9.52. The van der Waals surface area contributed by atoms with Crippen molar-refractivity contribution in [2.24, 2.45) is 4.99 Å². The number of rotatable bonds is 6. The standard InChI is InChI=1S/C16H31N5OS/c1-16(2,23-4)12-18-15(17-3)21-9-7-20(8-10-21)11-14(22)19-13-5-6-13/h13H,5-12H2,1-4H3,(H,17,18)(H,19,22). The highest BCUT2D eigenvalue weighted by Gasteiger charge is 2.26. The van der Waals surface area contributed by atoms with Crippen LogP contribution in [-0.4, -0.2) is 85.0 Å². The average molecular weight is 342 g/mol. The Balaban J connectivity index is 1.72. The van der Waals surface area contributed by atoms with E-state index in [-0.39, 0.29) is 10.7 Å². The second-order valence-corrected chi connectivity index (χ2v) is 8.48. The molecular weight excluding hydrogens is 310 g/mol. The highest BCUT2D eigenvalue weighted by molar-refractivity contribution is 7.99. The number of carbonyl (C=O) groups excluding carboxylic acids is 1. The Kier molecular flexibility index (Phi) is 6.59. The van der Waals surface area contributed by atoms with E-state index in [1.54, 1.807) is 0 Å². The first-order valence-electron chi connectivity index (χ1n) is 8.46. The van der Waals surface area contributed by atoms with E-state index in [4.69, 9.17) is 0 Å². The zero-order valence-corrected chi connectivity index (χ0v) is 15.7. The van der Waals surface area contributed by atoms with Gasteiger partial charge in [0, 0.05) is 50.6 Å². The van der Waals surface area contributed by atoms with Gasteiger partial charge in [-0.05, 0) is 32.9 Å². The van der Waals surface area contributed by atoms with Crippen LogP contribution in [0.25, 0.3) is 0 Å². The molecule has 1 amide bonds. The highest BCUT2D eigenvalue weighted by atomic mass is 32.2. The van der Waals surface area contributed by atoms with Crippen LogP contribution in [0.3, 0.4) is 0 Å². The molecule has 0 aromatic rings. The van der Waals surface area contributed by atoms with E-state index >= 15 is 0 Å². The summed E-state index contributed by atoms with van der Waals surface area (Å²) in [6.07, 6.45) is 4.43. The zero-order chi connectivity index (χ0) is 16.9. The molecule has 1 saturated heterocycles. The molecule has 23 heavy (non-hydrogen) atoms. The van der Waals surface area contributed by atoms with Gasteiger partial charge >= 0.3 is 0 Å². The van der Waals surface area contributed by atoms with Crippen molar-refractivity contribution < 1.29 is 4.79 Å². The lowest BCUT2D eigenvalue weighted by Gasteiger charge is -2.37. The second kappa shape index (κ2) is 8.24. The summed E-state index contributed by atoms with van der Waals surface area (Å²) in [5.41, 5.74) is 0. The molecule has 2 aliphatic rings. The van der Waals surface area contributed by atoms with Crippen molar-refractivity contribution in [3.05, 3.63) is 0 Å². The summed E-state index contributed by atoms with van der Waals surface area (Å²) in [4.78, 5) is 20.8. The van der Waals surface area contributed by atoms with E-state index in [2.05, 4.69) is 45.5 Å². The third kappa shape index (κ3) is 6.22. The molecule has 132 valence electrons. The summed E-state index contributed by atoms with van der Waals surface area (Å²) in [5, 5.41) is 6.53. The van der Waals surface area contributed by atoms with Crippen molar-refractivity contribution in [3.8, 4) is 0 Å². The Bertz CT molecular complexity index is 428. The first-order chi connectivity index (χ1) is 10.9. The third-order valence-electron chi connectivity index (χ3n) is 4.42. The Morgan fingerprint density at radius 3 is 2.43 bits per heavy atom. The van der Waals surface area contributed by atoms with Crippen molar-refractivity contribution in [1.29, 1.82) is 0 Å². The summed E-state index contributed by atoms with van der Waals surface area (Å²) < 4.78 is 0.193. The van der Waals surface area contributed by atoms with Gasteiger partial charge in [0.15, 0.2) is 5.96 Å². The molecule has 2 fully saturated rings. The van der Waals surface area contributed by atoms with Crippen LogP contribution in [-0.2, 0) is 4.79 Å². The largest absolute Gasteiger partial charge is 0.355 e. The Hall–Kier alpha value is -0.950. The lowest BCUT2D eigenvalue weighted by Crippen LogP contribution is -2.55. The predicted molar refractivity (Wildman–Crippen MR) is 98.1 cm³/mol. The maximum atomic E-state index is 11.9. The molecule has 2 N–H and O–H groups in total. The number of guanidine groups is 1. The zero-order valence-electron chi connectivity index (χ0n) is 14.9. The van der Waals surface area contributed by atoms with Crippen molar-refractivity contribution in [2.45, 2.75) is 37.5 Å². The number of carbonyl (C=O) groups is 1. The van der Waals surface area contributed by atoms with Gasteiger partial charge in [-0.3, -0.25) is 14.7 Å². The van der Waals surface area contributed by atoms with Gasteiger partial charge in [-0.15, -0.1) is 0 Å². The van der Waals surface area contributed by atoms with Crippen LogP contribution in [0.15, 0.2) is 4.99 Å². The van der Waals surface area contributed by atoms with E-state index in [0.717, 1.165) is 51.5 Å². The minimum absolute atomic E-state index is 0.171. The number of nitrogens with zero attached hydrogens (tertiary/aromatic N) is 3. The van der Waals surface area contributed by atoms with Crippen LogP contribution >= 0.6 is 11.8 Å². The van der Waals surface area contributed by atoms with Gasteiger partial charge in [-0.25, -0.2) is 0 Å². The lowest BCUT2D eigenvalue weighted by atomic mass is 10.2. The molecule has 0 spiro atoms. The number of aliphatic imine (C=N–C) groups is 1. The van der Waals surface area contributed by atoms with Gasteiger partial charge in [-0.2, -0.15) is 11.8 Å². The normalized spacial score (nSPS) is 20.5. The molecule has 1 saturated carbocycles. The molecule has 6 nitrogen and oxygen atoms in total. The van der Waals surface area contributed by atoms with Crippen molar-refractivity contribution in [3.63, 3.8) is 0 Å². The van der Waals surface area contributed by atoms with E-state index in [1.807, 2.05) is 18.8 Å².